The van der Waals surface area contributed by atoms with Crippen LogP contribution in [0.25, 0.3) is 11.0 Å². The zero-order valence-electron chi connectivity index (χ0n) is 11.0. The van der Waals surface area contributed by atoms with Crippen LogP contribution in [-0.4, -0.2) is 21.6 Å². The molecule has 98 valence electrons. The molecule has 0 amide bonds. The second-order valence-electron chi connectivity index (χ2n) is 5.32. The number of H-pyrrole nitrogens is 1. The van der Waals surface area contributed by atoms with E-state index in [1.54, 1.807) is 12.1 Å². The Balaban J connectivity index is 2.15. The summed E-state index contributed by atoms with van der Waals surface area (Å²) in [6.45, 7) is 5.10. The summed E-state index contributed by atoms with van der Waals surface area (Å²) in [5, 5.41) is 9.42. The number of rotatable bonds is 5. The van der Waals surface area contributed by atoms with E-state index in [-0.39, 0.29) is 5.75 Å². The van der Waals surface area contributed by atoms with Crippen molar-refractivity contribution in [1.29, 1.82) is 0 Å². The number of hydrogen-bond acceptors (Lipinski definition) is 3. The molecular weight excluding hydrogens is 226 g/mol. The fraction of sp³-hybridized carbons (Fsp3) is 0.500. The fourth-order valence-electron chi connectivity index (χ4n) is 2.35. The minimum Gasteiger partial charge on any atom is -0.508 e. The van der Waals surface area contributed by atoms with Gasteiger partial charge in [0.15, 0.2) is 0 Å². The molecule has 2 aromatic rings. The molecule has 1 heterocycles. The molecule has 1 unspecified atom stereocenters. The number of fused-ring (bicyclic) bond motifs is 1. The smallest absolute Gasteiger partial charge is 0.117 e. The van der Waals surface area contributed by atoms with Gasteiger partial charge in [-0.2, -0.15) is 0 Å². The Morgan fingerprint density at radius 3 is 2.83 bits per heavy atom. The van der Waals surface area contributed by atoms with Gasteiger partial charge in [0.25, 0.3) is 0 Å². The van der Waals surface area contributed by atoms with Gasteiger partial charge in [0.1, 0.15) is 11.6 Å². The first-order valence-electron chi connectivity index (χ1n) is 6.46. The number of phenolic OH excluding ortho intramolecular Hbond substituents is 1. The lowest BCUT2D eigenvalue weighted by Gasteiger charge is -2.15. The third-order valence-corrected chi connectivity index (χ3v) is 3.13. The molecule has 0 saturated heterocycles. The van der Waals surface area contributed by atoms with E-state index in [4.69, 9.17) is 5.73 Å². The van der Waals surface area contributed by atoms with Gasteiger partial charge in [-0.15, -0.1) is 0 Å². The van der Waals surface area contributed by atoms with Crippen molar-refractivity contribution in [2.75, 3.05) is 6.54 Å². The van der Waals surface area contributed by atoms with Crippen molar-refractivity contribution >= 4 is 11.0 Å². The molecule has 4 heteroatoms. The topological polar surface area (TPSA) is 74.9 Å². The van der Waals surface area contributed by atoms with E-state index in [0.29, 0.717) is 18.4 Å². The van der Waals surface area contributed by atoms with Crippen LogP contribution < -0.4 is 5.73 Å². The van der Waals surface area contributed by atoms with E-state index in [2.05, 4.69) is 23.8 Å². The number of imidazole rings is 1. The minimum absolute atomic E-state index is 0.259. The number of aromatic amines is 1. The molecule has 18 heavy (non-hydrogen) atoms. The second kappa shape index (κ2) is 5.40. The van der Waals surface area contributed by atoms with Gasteiger partial charge in [-0.05, 0) is 36.9 Å². The lowest BCUT2D eigenvalue weighted by atomic mass is 9.94. The number of nitrogens with zero attached hydrogens (tertiary/aromatic N) is 1. The zero-order chi connectivity index (χ0) is 13.1. The van der Waals surface area contributed by atoms with Crippen molar-refractivity contribution in [3.05, 3.63) is 24.0 Å². The van der Waals surface area contributed by atoms with Crippen molar-refractivity contribution < 1.29 is 5.11 Å². The largest absolute Gasteiger partial charge is 0.508 e. The summed E-state index contributed by atoms with van der Waals surface area (Å²) in [6, 6.07) is 5.18. The van der Waals surface area contributed by atoms with E-state index in [9.17, 15) is 5.11 Å². The molecule has 0 radical (unpaired) electrons. The molecular formula is C14H21N3O. The first-order chi connectivity index (χ1) is 8.58. The molecule has 0 aliphatic carbocycles. The Kier molecular flexibility index (Phi) is 3.87. The highest BCUT2D eigenvalue weighted by Gasteiger charge is 2.13. The van der Waals surface area contributed by atoms with Gasteiger partial charge in [-0.1, -0.05) is 13.8 Å². The third-order valence-electron chi connectivity index (χ3n) is 3.13. The SMILES string of the molecule is CC(C)CC(CN)Cc1nc2ccc(O)cc2[nH]1. The van der Waals surface area contributed by atoms with Crippen LogP contribution in [0.3, 0.4) is 0 Å². The molecule has 1 aromatic carbocycles. The third kappa shape index (κ3) is 3.01. The zero-order valence-corrected chi connectivity index (χ0v) is 11.0. The van der Waals surface area contributed by atoms with Gasteiger partial charge < -0.3 is 15.8 Å². The van der Waals surface area contributed by atoms with Crippen molar-refractivity contribution in [2.45, 2.75) is 26.7 Å². The maximum atomic E-state index is 9.42. The second-order valence-corrected chi connectivity index (χ2v) is 5.32. The summed E-state index contributed by atoms with van der Waals surface area (Å²) < 4.78 is 0. The van der Waals surface area contributed by atoms with Crippen molar-refractivity contribution in [3.8, 4) is 5.75 Å². The average Bonchev–Trinajstić information content (AvgIpc) is 2.68. The van der Waals surface area contributed by atoms with Gasteiger partial charge in [-0.3, -0.25) is 0 Å². The quantitative estimate of drug-likeness (QED) is 0.759. The molecule has 0 saturated carbocycles. The summed E-state index contributed by atoms with van der Waals surface area (Å²) >= 11 is 0. The molecule has 0 aliphatic rings. The fourth-order valence-corrected chi connectivity index (χ4v) is 2.35. The van der Waals surface area contributed by atoms with E-state index in [0.717, 1.165) is 29.7 Å². The molecule has 1 atom stereocenters. The predicted molar refractivity (Wildman–Crippen MR) is 73.5 cm³/mol. The highest BCUT2D eigenvalue weighted by atomic mass is 16.3. The Morgan fingerprint density at radius 1 is 1.39 bits per heavy atom. The number of aromatic nitrogens is 2. The van der Waals surface area contributed by atoms with Crippen LogP contribution in [0.5, 0.6) is 5.75 Å². The lowest BCUT2D eigenvalue weighted by molar-refractivity contribution is 0.410. The lowest BCUT2D eigenvalue weighted by Crippen LogP contribution is -2.19. The predicted octanol–water partition coefficient (Wildman–Crippen LogP) is 2.43. The van der Waals surface area contributed by atoms with Gasteiger partial charge in [-0.25, -0.2) is 4.98 Å². The van der Waals surface area contributed by atoms with Gasteiger partial charge in [0, 0.05) is 12.5 Å². The summed E-state index contributed by atoms with van der Waals surface area (Å²) in [5.41, 5.74) is 7.58. The van der Waals surface area contributed by atoms with Crippen LogP contribution in [0, 0.1) is 11.8 Å². The van der Waals surface area contributed by atoms with E-state index in [1.807, 2.05) is 6.07 Å². The number of aromatic hydroxyl groups is 1. The number of phenols is 1. The summed E-state index contributed by atoms with van der Waals surface area (Å²) in [4.78, 5) is 7.77. The van der Waals surface area contributed by atoms with Crippen molar-refractivity contribution in [3.63, 3.8) is 0 Å². The van der Waals surface area contributed by atoms with E-state index < -0.39 is 0 Å². The maximum Gasteiger partial charge on any atom is 0.117 e. The first kappa shape index (κ1) is 12.9. The molecule has 4 N–H and O–H groups in total. The van der Waals surface area contributed by atoms with Crippen LogP contribution in [0.2, 0.25) is 0 Å². The number of nitrogens with one attached hydrogen (secondary N) is 1. The molecule has 1 aromatic heterocycles. The minimum atomic E-state index is 0.259. The number of hydrogen-bond donors (Lipinski definition) is 3. The Bertz CT molecular complexity index is 519. The molecule has 0 fully saturated rings. The molecule has 4 nitrogen and oxygen atoms in total. The van der Waals surface area contributed by atoms with E-state index >= 15 is 0 Å². The standard InChI is InChI=1S/C14H21N3O/c1-9(2)5-10(8-15)6-14-16-12-4-3-11(18)7-13(12)17-14/h3-4,7,9-10,18H,5-6,8,15H2,1-2H3,(H,16,17). The normalized spacial score (nSPS) is 13.3. The molecule has 0 aliphatic heterocycles. The molecule has 0 bridgehead atoms. The van der Waals surface area contributed by atoms with E-state index in [1.165, 1.54) is 0 Å². The van der Waals surface area contributed by atoms with Crippen LogP contribution in [0.15, 0.2) is 18.2 Å². The Hall–Kier alpha value is -1.55. The monoisotopic (exact) mass is 247 g/mol. The van der Waals surface area contributed by atoms with Gasteiger partial charge >= 0.3 is 0 Å². The summed E-state index contributed by atoms with van der Waals surface area (Å²) in [7, 11) is 0. The van der Waals surface area contributed by atoms with Crippen molar-refractivity contribution in [1.82, 2.24) is 9.97 Å². The van der Waals surface area contributed by atoms with Crippen LogP contribution in [0.1, 0.15) is 26.1 Å². The summed E-state index contributed by atoms with van der Waals surface area (Å²) in [5.74, 6) is 2.31. The first-order valence-corrected chi connectivity index (χ1v) is 6.46. The van der Waals surface area contributed by atoms with Crippen LogP contribution >= 0.6 is 0 Å². The van der Waals surface area contributed by atoms with Crippen LogP contribution in [0.4, 0.5) is 0 Å². The number of nitrogens with two attached hydrogens (primary N) is 1. The van der Waals surface area contributed by atoms with Gasteiger partial charge in [0.05, 0.1) is 11.0 Å². The van der Waals surface area contributed by atoms with Crippen molar-refractivity contribution in [2.24, 2.45) is 17.6 Å². The maximum absolute atomic E-state index is 9.42. The summed E-state index contributed by atoms with van der Waals surface area (Å²) in [6.07, 6.45) is 1.98. The Morgan fingerprint density at radius 2 is 2.17 bits per heavy atom. The van der Waals surface area contributed by atoms with Crippen LogP contribution in [-0.2, 0) is 6.42 Å². The number of benzene rings is 1. The highest BCUT2D eigenvalue weighted by Crippen LogP contribution is 2.20. The van der Waals surface area contributed by atoms with Gasteiger partial charge in [0.2, 0.25) is 0 Å². The average molecular weight is 247 g/mol. The molecule has 0 spiro atoms. The highest BCUT2D eigenvalue weighted by molar-refractivity contribution is 5.76. The molecule has 2 rings (SSSR count). The Labute approximate surface area is 107 Å².